The monoisotopic (exact) mass is 363 g/mol. The van der Waals surface area contributed by atoms with Crippen molar-refractivity contribution in [1.29, 1.82) is 0 Å². The lowest BCUT2D eigenvalue weighted by Crippen LogP contribution is -2.62. The number of fused-ring (bicyclic) bond motifs is 3. The van der Waals surface area contributed by atoms with Crippen LogP contribution in [0.4, 0.5) is 0 Å². The third-order valence-electron chi connectivity index (χ3n) is 8.99. The summed E-state index contributed by atoms with van der Waals surface area (Å²) in [5.41, 5.74) is 7.08. The molecule has 0 aromatic heterocycles. The number of nitrogens with two attached hydrogens (primary N) is 1. The lowest BCUT2D eigenvalue weighted by Gasteiger charge is -2.57. The third kappa shape index (κ3) is 3.61. The topological polar surface area (TPSA) is 66.5 Å². The van der Waals surface area contributed by atoms with Gasteiger partial charge in [-0.15, -0.1) is 0 Å². The van der Waals surface area contributed by atoms with Crippen LogP contribution in [0, 0.1) is 35.5 Å². The first kappa shape index (κ1) is 19.2. The van der Waals surface area contributed by atoms with Crippen molar-refractivity contribution in [2.24, 2.45) is 41.2 Å². The molecule has 0 bridgehead atoms. The molecular weight excluding hydrogens is 322 g/mol. The van der Waals surface area contributed by atoms with E-state index < -0.39 is 0 Å². The normalized spacial score (nSPS) is 45.5. The fraction of sp³-hybridized carbons (Fsp3) is 1.00. The van der Waals surface area contributed by atoms with Gasteiger partial charge in [0, 0.05) is 5.54 Å². The predicted molar refractivity (Wildman–Crippen MR) is 106 cm³/mol. The van der Waals surface area contributed by atoms with E-state index in [1.165, 1.54) is 57.8 Å². The van der Waals surface area contributed by atoms with Gasteiger partial charge in [0.15, 0.2) is 0 Å². The molecule has 8 atom stereocenters. The average molecular weight is 364 g/mol. The summed E-state index contributed by atoms with van der Waals surface area (Å²) in [5.74, 6) is 4.22. The van der Waals surface area contributed by atoms with Gasteiger partial charge in [0.25, 0.3) is 0 Å². The summed E-state index contributed by atoms with van der Waals surface area (Å²) in [7, 11) is 0. The zero-order valence-corrected chi connectivity index (χ0v) is 16.8. The molecule has 0 radical (unpaired) electrons. The Balaban J connectivity index is 1.41. The van der Waals surface area contributed by atoms with Gasteiger partial charge in [-0.05, 0) is 106 Å². The Morgan fingerprint density at radius 3 is 2.62 bits per heavy atom. The Labute approximate surface area is 160 Å². The second-order valence-electron chi connectivity index (χ2n) is 10.3. The third-order valence-corrected chi connectivity index (χ3v) is 8.99. The van der Waals surface area contributed by atoms with E-state index in [1.807, 2.05) is 0 Å². The molecule has 4 rings (SSSR count). The van der Waals surface area contributed by atoms with Crippen molar-refractivity contribution < 1.29 is 10.2 Å². The number of rotatable bonds is 6. The van der Waals surface area contributed by atoms with Gasteiger partial charge in [0.2, 0.25) is 0 Å². The highest BCUT2D eigenvalue weighted by Gasteiger charge is 2.53. The van der Waals surface area contributed by atoms with Crippen LogP contribution in [0.1, 0.15) is 90.4 Å². The van der Waals surface area contributed by atoms with Crippen molar-refractivity contribution in [2.75, 3.05) is 0 Å². The Morgan fingerprint density at radius 2 is 1.88 bits per heavy atom. The van der Waals surface area contributed by atoms with Crippen molar-refractivity contribution in [3.8, 4) is 0 Å². The lowest BCUT2D eigenvalue weighted by molar-refractivity contribution is -0.0579. The molecule has 4 N–H and O–H groups in total. The van der Waals surface area contributed by atoms with E-state index >= 15 is 0 Å². The van der Waals surface area contributed by atoms with Crippen molar-refractivity contribution in [2.45, 2.75) is 108 Å². The molecule has 0 heterocycles. The molecule has 0 aromatic carbocycles. The Bertz CT molecular complexity index is 479. The van der Waals surface area contributed by atoms with Gasteiger partial charge in [-0.3, -0.25) is 0 Å². The number of hydrogen-bond donors (Lipinski definition) is 3. The van der Waals surface area contributed by atoms with Crippen LogP contribution in [0.25, 0.3) is 0 Å². The summed E-state index contributed by atoms with van der Waals surface area (Å²) in [6.07, 6.45) is 15.4. The molecule has 4 aliphatic rings. The zero-order valence-electron chi connectivity index (χ0n) is 16.8. The lowest BCUT2D eigenvalue weighted by atomic mass is 9.51. The van der Waals surface area contributed by atoms with Gasteiger partial charge in [-0.1, -0.05) is 19.8 Å². The molecule has 0 amide bonds. The summed E-state index contributed by atoms with van der Waals surface area (Å²) in [4.78, 5) is 0. The van der Waals surface area contributed by atoms with E-state index in [0.29, 0.717) is 17.8 Å². The molecule has 0 aliphatic heterocycles. The van der Waals surface area contributed by atoms with Crippen molar-refractivity contribution in [3.05, 3.63) is 0 Å². The maximum absolute atomic E-state index is 10.5. The molecule has 7 unspecified atom stereocenters. The first-order valence-electron chi connectivity index (χ1n) is 11.7. The molecule has 3 nitrogen and oxygen atoms in total. The standard InChI is InChI=1S/C23H41NO2/c1-2-22(26)20(16-6-7-16)10-8-15-4-3-5-21-19(15)11-9-17-14-18(25)12-13-23(17,21)24/h15-22,25-26H,2-14,24H2,1H3/t15?,17?,18?,19?,20-,21?,22?,23?/m0/s1. The highest BCUT2D eigenvalue weighted by atomic mass is 16.3. The van der Waals surface area contributed by atoms with Gasteiger partial charge < -0.3 is 15.9 Å². The molecule has 26 heavy (non-hydrogen) atoms. The second-order valence-corrected chi connectivity index (χ2v) is 10.3. The van der Waals surface area contributed by atoms with Gasteiger partial charge in [0.1, 0.15) is 0 Å². The smallest absolute Gasteiger partial charge is 0.0568 e. The van der Waals surface area contributed by atoms with Gasteiger partial charge in [0.05, 0.1) is 12.2 Å². The summed E-state index contributed by atoms with van der Waals surface area (Å²) >= 11 is 0. The van der Waals surface area contributed by atoms with Gasteiger partial charge in [-0.2, -0.15) is 0 Å². The van der Waals surface area contributed by atoms with Crippen LogP contribution in [0.2, 0.25) is 0 Å². The van der Waals surface area contributed by atoms with Crippen molar-refractivity contribution in [1.82, 2.24) is 0 Å². The van der Waals surface area contributed by atoms with Crippen LogP contribution in [0.3, 0.4) is 0 Å². The predicted octanol–water partition coefficient (Wildman–Crippen LogP) is 4.25. The van der Waals surface area contributed by atoms with E-state index in [4.69, 9.17) is 5.73 Å². The first-order chi connectivity index (χ1) is 12.5. The molecule has 150 valence electrons. The van der Waals surface area contributed by atoms with Crippen LogP contribution in [0.5, 0.6) is 0 Å². The SMILES string of the molecule is CCC(O)[C@@H](CCC1CCCC2C1CCC1CC(O)CCC12N)C1CC1. The average Bonchev–Trinajstić information content (AvgIpc) is 3.47. The fourth-order valence-electron chi connectivity index (χ4n) is 7.35. The number of hydrogen-bond acceptors (Lipinski definition) is 3. The second kappa shape index (κ2) is 7.72. The summed E-state index contributed by atoms with van der Waals surface area (Å²) in [6, 6.07) is 0. The highest BCUT2D eigenvalue weighted by molar-refractivity contribution is 5.08. The molecular formula is C23H41NO2. The maximum atomic E-state index is 10.5. The number of aliphatic hydroxyl groups is 2. The van der Waals surface area contributed by atoms with Crippen LogP contribution in [-0.4, -0.2) is 28.0 Å². The minimum absolute atomic E-state index is 0.000354. The van der Waals surface area contributed by atoms with Gasteiger partial charge >= 0.3 is 0 Å². The summed E-state index contributed by atoms with van der Waals surface area (Å²) < 4.78 is 0. The van der Waals surface area contributed by atoms with Crippen LogP contribution >= 0.6 is 0 Å². The Kier molecular flexibility index (Phi) is 5.70. The maximum Gasteiger partial charge on any atom is 0.0568 e. The largest absolute Gasteiger partial charge is 0.393 e. The van der Waals surface area contributed by atoms with Gasteiger partial charge in [-0.25, -0.2) is 0 Å². The number of aliphatic hydroxyl groups excluding tert-OH is 2. The van der Waals surface area contributed by atoms with E-state index in [0.717, 1.165) is 43.4 Å². The first-order valence-corrected chi connectivity index (χ1v) is 11.7. The zero-order chi connectivity index (χ0) is 18.3. The van der Waals surface area contributed by atoms with Crippen LogP contribution in [0.15, 0.2) is 0 Å². The minimum atomic E-state index is -0.109. The van der Waals surface area contributed by atoms with Crippen molar-refractivity contribution in [3.63, 3.8) is 0 Å². The Morgan fingerprint density at radius 1 is 1.08 bits per heavy atom. The van der Waals surface area contributed by atoms with Crippen LogP contribution < -0.4 is 5.73 Å². The summed E-state index contributed by atoms with van der Waals surface area (Å²) in [5, 5.41) is 20.6. The quantitative estimate of drug-likeness (QED) is 0.661. The molecule has 0 aromatic rings. The van der Waals surface area contributed by atoms with Crippen LogP contribution in [-0.2, 0) is 0 Å². The van der Waals surface area contributed by atoms with E-state index in [-0.39, 0.29) is 17.7 Å². The highest BCUT2D eigenvalue weighted by Crippen LogP contribution is 2.55. The van der Waals surface area contributed by atoms with E-state index in [2.05, 4.69) is 6.92 Å². The fourth-order valence-corrected chi connectivity index (χ4v) is 7.35. The van der Waals surface area contributed by atoms with E-state index in [9.17, 15) is 10.2 Å². The molecule has 3 heteroatoms. The summed E-state index contributed by atoms with van der Waals surface area (Å²) in [6.45, 7) is 2.13. The van der Waals surface area contributed by atoms with Crippen molar-refractivity contribution >= 4 is 0 Å². The molecule has 4 saturated carbocycles. The minimum Gasteiger partial charge on any atom is -0.393 e. The molecule has 0 saturated heterocycles. The molecule has 4 fully saturated rings. The van der Waals surface area contributed by atoms with E-state index in [1.54, 1.807) is 0 Å². The molecule has 4 aliphatic carbocycles. The Hall–Kier alpha value is -0.120. The molecule has 0 spiro atoms.